The van der Waals surface area contributed by atoms with Crippen LogP contribution in [-0.4, -0.2) is 32.1 Å². The molecule has 3 rings (SSSR count). The Morgan fingerprint density at radius 2 is 1.96 bits per heavy atom. The highest BCUT2D eigenvalue weighted by Crippen LogP contribution is 2.29. The molecule has 0 fully saturated rings. The Balaban J connectivity index is 1.77. The van der Waals surface area contributed by atoms with Gasteiger partial charge in [0.05, 0.1) is 5.25 Å². The molecule has 5 nitrogen and oxygen atoms in total. The molecule has 0 aliphatic rings. The van der Waals surface area contributed by atoms with Crippen LogP contribution in [-0.2, 0) is 11.3 Å². The molecule has 0 saturated carbocycles. The third kappa shape index (κ3) is 4.25. The minimum Gasteiger partial charge on any atom is -0.430 e. The summed E-state index contributed by atoms with van der Waals surface area (Å²) in [6.07, 6.45) is 2.38. The molecule has 0 saturated heterocycles. The predicted molar refractivity (Wildman–Crippen MR) is 104 cm³/mol. The van der Waals surface area contributed by atoms with Gasteiger partial charge in [0.15, 0.2) is 11.2 Å². The van der Waals surface area contributed by atoms with Crippen molar-refractivity contribution in [2.45, 2.75) is 50.3 Å². The Bertz CT molecular complexity index is 831. The van der Waals surface area contributed by atoms with E-state index in [1.165, 1.54) is 11.8 Å². The molecule has 0 bridgehead atoms. The number of pyridine rings is 1. The van der Waals surface area contributed by atoms with Crippen LogP contribution in [0.4, 0.5) is 0 Å². The van der Waals surface area contributed by atoms with Crippen molar-refractivity contribution in [3.63, 3.8) is 0 Å². The zero-order chi connectivity index (χ0) is 18.5. The van der Waals surface area contributed by atoms with E-state index < -0.39 is 0 Å². The Kier molecular flexibility index (Phi) is 5.93. The number of carbonyl (C=O) groups excluding carboxylic acids is 1. The number of rotatable bonds is 7. The second kappa shape index (κ2) is 8.36. The van der Waals surface area contributed by atoms with E-state index in [1.807, 2.05) is 68.1 Å². The number of benzene rings is 1. The number of hydrogen-bond donors (Lipinski definition) is 0. The minimum absolute atomic E-state index is 0.103. The van der Waals surface area contributed by atoms with Crippen LogP contribution in [0.3, 0.4) is 0 Å². The summed E-state index contributed by atoms with van der Waals surface area (Å²) in [5.41, 5.74) is 2.34. The monoisotopic (exact) mass is 369 g/mol. The molecule has 2 aromatic heterocycles. The summed E-state index contributed by atoms with van der Waals surface area (Å²) in [4.78, 5) is 23.6. The van der Waals surface area contributed by atoms with Gasteiger partial charge in [0.25, 0.3) is 5.22 Å². The molecule has 0 radical (unpaired) electrons. The van der Waals surface area contributed by atoms with Gasteiger partial charge in [-0.1, -0.05) is 49.0 Å². The van der Waals surface area contributed by atoms with E-state index in [0.29, 0.717) is 29.4 Å². The van der Waals surface area contributed by atoms with E-state index in [2.05, 4.69) is 9.97 Å². The summed E-state index contributed by atoms with van der Waals surface area (Å²) in [5.74, 6) is 0.103. The van der Waals surface area contributed by atoms with E-state index in [0.717, 1.165) is 5.56 Å². The van der Waals surface area contributed by atoms with E-state index in [-0.39, 0.29) is 17.2 Å². The molecule has 1 aromatic carbocycles. The molecule has 26 heavy (non-hydrogen) atoms. The van der Waals surface area contributed by atoms with E-state index >= 15 is 0 Å². The van der Waals surface area contributed by atoms with Crippen LogP contribution in [0, 0.1) is 0 Å². The standard InChI is InChI=1S/C20H23N3O2S/c1-4-17(26-20-22-18-16(25-20)11-8-12-21-18)19(24)23(14(2)3)13-15-9-6-5-7-10-15/h5-12,14,17H,4,13H2,1-3H3/t17-/m1/s1. The third-order valence-corrected chi connectivity index (χ3v) is 5.33. The highest BCUT2D eigenvalue weighted by atomic mass is 32.2. The second-order valence-electron chi connectivity index (χ2n) is 6.37. The summed E-state index contributed by atoms with van der Waals surface area (Å²) in [6, 6.07) is 13.8. The average molecular weight is 369 g/mol. The van der Waals surface area contributed by atoms with Gasteiger partial charge in [-0.05, 0) is 38.0 Å². The first-order chi connectivity index (χ1) is 12.6. The molecule has 0 N–H and O–H groups in total. The summed E-state index contributed by atoms with van der Waals surface area (Å²) in [6.45, 7) is 6.70. The maximum absolute atomic E-state index is 13.2. The van der Waals surface area contributed by atoms with Gasteiger partial charge >= 0.3 is 0 Å². The quantitative estimate of drug-likeness (QED) is 0.573. The van der Waals surface area contributed by atoms with Crippen molar-refractivity contribution in [2.24, 2.45) is 0 Å². The largest absolute Gasteiger partial charge is 0.430 e. The number of aromatic nitrogens is 2. The molecule has 0 aliphatic carbocycles. The van der Waals surface area contributed by atoms with Crippen LogP contribution in [0.2, 0.25) is 0 Å². The second-order valence-corrected chi connectivity index (χ2v) is 7.52. The number of thioether (sulfide) groups is 1. The van der Waals surface area contributed by atoms with Crippen molar-refractivity contribution in [3.05, 3.63) is 54.2 Å². The first-order valence-corrected chi connectivity index (χ1v) is 9.69. The highest BCUT2D eigenvalue weighted by Gasteiger charge is 2.27. The van der Waals surface area contributed by atoms with Crippen molar-refractivity contribution in [3.8, 4) is 0 Å². The Labute approximate surface area is 157 Å². The highest BCUT2D eigenvalue weighted by molar-refractivity contribution is 8.00. The van der Waals surface area contributed by atoms with Gasteiger partial charge < -0.3 is 9.32 Å². The fourth-order valence-electron chi connectivity index (χ4n) is 2.71. The van der Waals surface area contributed by atoms with Gasteiger partial charge in [-0.25, -0.2) is 4.98 Å². The van der Waals surface area contributed by atoms with Gasteiger partial charge in [-0.3, -0.25) is 4.79 Å². The lowest BCUT2D eigenvalue weighted by atomic mass is 10.1. The van der Waals surface area contributed by atoms with E-state index in [1.54, 1.807) is 6.20 Å². The lowest BCUT2D eigenvalue weighted by Crippen LogP contribution is -2.41. The number of hydrogen-bond acceptors (Lipinski definition) is 5. The topological polar surface area (TPSA) is 59.2 Å². The summed E-state index contributed by atoms with van der Waals surface area (Å²) >= 11 is 1.37. The first kappa shape index (κ1) is 18.5. The Morgan fingerprint density at radius 1 is 1.19 bits per heavy atom. The molecule has 0 unspecified atom stereocenters. The zero-order valence-corrected chi connectivity index (χ0v) is 16.1. The maximum Gasteiger partial charge on any atom is 0.259 e. The molecule has 1 atom stereocenters. The number of nitrogens with zero attached hydrogens (tertiary/aromatic N) is 3. The van der Waals surface area contributed by atoms with E-state index in [4.69, 9.17) is 4.42 Å². The summed E-state index contributed by atoms with van der Waals surface area (Å²) in [7, 11) is 0. The molecule has 3 aromatic rings. The molecule has 136 valence electrons. The normalized spacial score (nSPS) is 12.5. The van der Waals surface area contributed by atoms with Crippen molar-refractivity contribution in [2.75, 3.05) is 0 Å². The van der Waals surface area contributed by atoms with Gasteiger partial charge in [0.1, 0.15) is 0 Å². The molecular weight excluding hydrogens is 346 g/mol. The van der Waals surface area contributed by atoms with Crippen LogP contribution in [0.5, 0.6) is 0 Å². The Hall–Kier alpha value is -2.34. The SMILES string of the molecule is CC[C@@H](Sc1nc2ncccc2o1)C(=O)N(Cc1ccccc1)C(C)C. The molecular formula is C20H23N3O2S. The smallest absolute Gasteiger partial charge is 0.259 e. The fraction of sp³-hybridized carbons (Fsp3) is 0.350. The van der Waals surface area contributed by atoms with Crippen LogP contribution >= 0.6 is 11.8 Å². The maximum atomic E-state index is 13.2. The molecule has 0 spiro atoms. The van der Waals surface area contributed by atoms with Crippen LogP contribution in [0.1, 0.15) is 32.8 Å². The van der Waals surface area contributed by atoms with Gasteiger partial charge in [-0.15, -0.1) is 0 Å². The van der Waals surface area contributed by atoms with E-state index in [9.17, 15) is 4.79 Å². The van der Waals surface area contributed by atoms with Gasteiger partial charge in [-0.2, -0.15) is 4.98 Å². The van der Waals surface area contributed by atoms with Crippen LogP contribution in [0.25, 0.3) is 11.2 Å². The predicted octanol–water partition coefficient (Wildman–Crippen LogP) is 4.53. The van der Waals surface area contributed by atoms with Crippen LogP contribution < -0.4 is 0 Å². The third-order valence-electron chi connectivity index (χ3n) is 4.14. The van der Waals surface area contributed by atoms with Crippen molar-refractivity contribution >= 4 is 28.9 Å². The minimum atomic E-state index is -0.242. The zero-order valence-electron chi connectivity index (χ0n) is 15.3. The Morgan fingerprint density at radius 3 is 2.62 bits per heavy atom. The first-order valence-electron chi connectivity index (χ1n) is 8.81. The lowest BCUT2D eigenvalue weighted by Gasteiger charge is -2.30. The number of amides is 1. The number of fused-ring (bicyclic) bond motifs is 1. The average Bonchev–Trinajstić information content (AvgIpc) is 3.06. The lowest BCUT2D eigenvalue weighted by molar-refractivity contribution is -0.133. The van der Waals surface area contributed by atoms with Gasteiger partial charge in [0.2, 0.25) is 5.91 Å². The molecule has 1 amide bonds. The molecule has 6 heteroatoms. The van der Waals surface area contributed by atoms with Gasteiger partial charge in [0, 0.05) is 18.8 Å². The van der Waals surface area contributed by atoms with Crippen molar-refractivity contribution in [1.82, 2.24) is 14.9 Å². The summed E-state index contributed by atoms with van der Waals surface area (Å²) in [5, 5.41) is 0.247. The molecule has 2 heterocycles. The summed E-state index contributed by atoms with van der Waals surface area (Å²) < 4.78 is 5.73. The number of oxazole rings is 1. The van der Waals surface area contributed by atoms with Crippen molar-refractivity contribution < 1.29 is 9.21 Å². The van der Waals surface area contributed by atoms with Crippen molar-refractivity contribution in [1.29, 1.82) is 0 Å². The van der Waals surface area contributed by atoms with Crippen LogP contribution in [0.15, 0.2) is 58.3 Å². The molecule has 0 aliphatic heterocycles. The number of carbonyl (C=O) groups is 1. The fourth-order valence-corrected chi connectivity index (χ4v) is 3.63.